The Labute approximate surface area is 129 Å². The van der Waals surface area contributed by atoms with Crippen molar-refractivity contribution in [1.82, 2.24) is 10.3 Å². The fraction of sp³-hybridized carbons (Fsp3) is 0.588. The molecule has 0 saturated carbocycles. The maximum Gasteiger partial charge on any atom is 0.129 e. The predicted molar refractivity (Wildman–Crippen MR) is 91.4 cm³/mol. The van der Waals surface area contributed by atoms with Crippen molar-refractivity contribution in [3.05, 3.63) is 23.5 Å². The molecule has 0 radical (unpaired) electrons. The van der Waals surface area contributed by atoms with Crippen molar-refractivity contribution in [3.8, 4) is 11.5 Å². The van der Waals surface area contributed by atoms with Crippen LogP contribution >= 0.6 is 0 Å². The highest BCUT2D eigenvalue weighted by atomic mass is 28.3. The molecule has 21 heavy (non-hydrogen) atoms. The summed E-state index contributed by atoms with van der Waals surface area (Å²) < 4.78 is 0. The maximum atomic E-state index is 4.57. The van der Waals surface area contributed by atoms with Crippen molar-refractivity contribution >= 4 is 13.8 Å². The molecule has 4 heteroatoms. The zero-order valence-corrected chi connectivity index (χ0v) is 14.5. The van der Waals surface area contributed by atoms with Crippen molar-refractivity contribution in [2.75, 3.05) is 18.0 Å². The molecular weight excluding hydrogens is 274 g/mol. The molecule has 2 unspecified atom stereocenters. The minimum absolute atomic E-state index is 0.662. The summed E-state index contributed by atoms with van der Waals surface area (Å²) >= 11 is 0. The van der Waals surface area contributed by atoms with E-state index in [0.29, 0.717) is 12.1 Å². The van der Waals surface area contributed by atoms with Gasteiger partial charge in [-0.05, 0) is 31.4 Å². The zero-order valence-electron chi connectivity index (χ0n) is 13.5. The molecule has 1 aromatic rings. The highest BCUT2D eigenvalue weighted by Gasteiger charge is 2.32. The minimum Gasteiger partial charge on any atom is -0.367 e. The average molecular weight is 299 g/mol. The predicted octanol–water partition coefficient (Wildman–Crippen LogP) is 2.56. The monoisotopic (exact) mass is 299 g/mol. The van der Waals surface area contributed by atoms with Gasteiger partial charge in [0, 0.05) is 25.2 Å². The van der Waals surface area contributed by atoms with Crippen molar-refractivity contribution in [2.45, 2.75) is 51.5 Å². The zero-order chi connectivity index (χ0) is 15.0. The van der Waals surface area contributed by atoms with E-state index in [4.69, 9.17) is 0 Å². The molecule has 2 saturated heterocycles. The van der Waals surface area contributed by atoms with Gasteiger partial charge in [-0.2, -0.15) is 0 Å². The largest absolute Gasteiger partial charge is 0.367 e. The van der Waals surface area contributed by atoms with Gasteiger partial charge in [-0.15, -0.1) is 5.54 Å². The topological polar surface area (TPSA) is 28.2 Å². The molecule has 2 aliphatic heterocycles. The Hall–Kier alpha value is -1.31. The molecule has 3 nitrogen and oxygen atoms in total. The third-order valence-electron chi connectivity index (χ3n) is 4.21. The number of hydrogen-bond acceptors (Lipinski definition) is 3. The van der Waals surface area contributed by atoms with Crippen LogP contribution in [-0.2, 0) is 0 Å². The van der Waals surface area contributed by atoms with Crippen LogP contribution in [0.5, 0.6) is 0 Å². The van der Waals surface area contributed by atoms with Crippen LogP contribution in [0.1, 0.15) is 24.1 Å². The molecule has 2 aliphatic rings. The molecule has 1 aromatic heterocycles. The summed E-state index contributed by atoms with van der Waals surface area (Å²) in [6, 6.07) is 3.47. The lowest BCUT2D eigenvalue weighted by Gasteiger charge is -2.35. The Morgan fingerprint density at radius 3 is 2.48 bits per heavy atom. The summed E-state index contributed by atoms with van der Waals surface area (Å²) in [5, 5.41) is 3.68. The number of pyridine rings is 1. The van der Waals surface area contributed by atoms with Crippen molar-refractivity contribution in [3.63, 3.8) is 0 Å². The van der Waals surface area contributed by atoms with Gasteiger partial charge < -0.3 is 10.2 Å². The number of nitrogens with one attached hydrogen (secondary N) is 1. The quantitative estimate of drug-likeness (QED) is 0.638. The number of aromatic nitrogens is 1. The molecule has 2 fully saturated rings. The van der Waals surface area contributed by atoms with Gasteiger partial charge in [0.2, 0.25) is 0 Å². The SMILES string of the molecule is Cc1cc(C#C[Si](C)(C)C)ncc1N1CC2CCC(C1)N2. The fourth-order valence-corrected chi connectivity index (χ4v) is 3.70. The Balaban J connectivity index is 1.80. The van der Waals surface area contributed by atoms with Gasteiger partial charge in [0.05, 0.1) is 11.9 Å². The van der Waals surface area contributed by atoms with Crippen molar-refractivity contribution < 1.29 is 0 Å². The van der Waals surface area contributed by atoms with Crippen LogP contribution in [0.4, 0.5) is 5.69 Å². The van der Waals surface area contributed by atoms with Crippen molar-refractivity contribution in [2.24, 2.45) is 0 Å². The van der Waals surface area contributed by atoms with Crippen LogP contribution in [0.15, 0.2) is 12.3 Å². The molecule has 0 amide bonds. The third kappa shape index (κ3) is 3.48. The molecule has 112 valence electrons. The van der Waals surface area contributed by atoms with Gasteiger partial charge in [-0.3, -0.25) is 0 Å². The standard InChI is InChI=1S/C17H25N3Si/c1-13-9-14(7-8-21(2,3)4)18-10-17(13)20-11-15-5-6-16(12-20)19-15/h9-10,15-16,19H,5-6,11-12H2,1-4H3. The number of anilines is 1. The normalized spacial score (nSPS) is 24.7. The van der Waals surface area contributed by atoms with E-state index in [1.165, 1.54) is 24.1 Å². The lowest BCUT2D eigenvalue weighted by molar-refractivity contribution is 0.465. The lowest BCUT2D eigenvalue weighted by Crippen LogP contribution is -2.51. The lowest BCUT2D eigenvalue weighted by atomic mass is 10.1. The Kier molecular flexibility index (Phi) is 3.81. The van der Waals surface area contributed by atoms with Crippen LogP contribution in [0.25, 0.3) is 0 Å². The molecule has 2 bridgehead atoms. The van der Waals surface area contributed by atoms with Gasteiger partial charge in [-0.25, -0.2) is 4.98 Å². The number of rotatable bonds is 1. The summed E-state index contributed by atoms with van der Waals surface area (Å²) in [7, 11) is -1.33. The molecule has 0 spiro atoms. The van der Waals surface area contributed by atoms with Crippen LogP contribution < -0.4 is 10.2 Å². The van der Waals surface area contributed by atoms with E-state index >= 15 is 0 Å². The first kappa shape index (κ1) is 14.6. The molecular formula is C17H25N3Si. The van der Waals surface area contributed by atoms with Crippen LogP contribution in [0.2, 0.25) is 19.6 Å². The number of nitrogens with zero attached hydrogens (tertiary/aromatic N) is 2. The van der Waals surface area contributed by atoms with E-state index in [-0.39, 0.29) is 0 Å². The summed E-state index contributed by atoms with van der Waals surface area (Å²) in [5.41, 5.74) is 6.89. The first-order valence-corrected chi connectivity index (χ1v) is 11.4. The number of fused-ring (bicyclic) bond motifs is 2. The van der Waals surface area contributed by atoms with E-state index in [9.17, 15) is 0 Å². The molecule has 0 aromatic carbocycles. The summed E-state index contributed by atoms with van der Waals surface area (Å²) in [5.74, 6) is 3.26. The van der Waals surface area contributed by atoms with Crippen LogP contribution in [0.3, 0.4) is 0 Å². The van der Waals surface area contributed by atoms with Crippen LogP contribution in [-0.4, -0.2) is 38.2 Å². The highest BCUT2D eigenvalue weighted by molar-refractivity contribution is 6.83. The van der Waals surface area contributed by atoms with Gasteiger partial charge in [0.25, 0.3) is 0 Å². The van der Waals surface area contributed by atoms with Gasteiger partial charge in [-0.1, -0.05) is 25.6 Å². The van der Waals surface area contributed by atoms with E-state index in [1.54, 1.807) is 0 Å². The summed E-state index contributed by atoms with van der Waals surface area (Å²) in [4.78, 5) is 7.07. The Morgan fingerprint density at radius 2 is 1.90 bits per heavy atom. The fourth-order valence-electron chi connectivity index (χ4n) is 3.19. The molecule has 0 aliphatic carbocycles. The molecule has 2 atom stereocenters. The minimum atomic E-state index is -1.33. The Bertz CT molecular complexity index is 582. The van der Waals surface area contributed by atoms with E-state index in [1.807, 2.05) is 6.20 Å². The molecule has 3 heterocycles. The second kappa shape index (κ2) is 5.47. The Morgan fingerprint density at radius 1 is 1.24 bits per heavy atom. The summed E-state index contributed by atoms with van der Waals surface area (Å²) in [6.07, 6.45) is 4.65. The molecule has 3 rings (SSSR count). The first-order valence-electron chi connectivity index (χ1n) is 7.91. The maximum absolute atomic E-state index is 4.57. The summed E-state index contributed by atoms with van der Waals surface area (Å²) in [6.45, 7) is 11.2. The number of piperazine rings is 1. The van der Waals surface area contributed by atoms with E-state index < -0.39 is 8.07 Å². The molecule has 1 N–H and O–H groups in total. The van der Waals surface area contributed by atoms with Gasteiger partial charge >= 0.3 is 0 Å². The van der Waals surface area contributed by atoms with Gasteiger partial charge in [0.1, 0.15) is 13.8 Å². The van der Waals surface area contributed by atoms with Crippen LogP contribution in [0, 0.1) is 18.4 Å². The smallest absolute Gasteiger partial charge is 0.129 e. The number of aryl methyl sites for hydroxylation is 1. The van der Waals surface area contributed by atoms with E-state index in [0.717, 1.165) is 18.8 Å². The second-order valence-corrected chi connectivity index (χ2v) is 12.1. The third-order valence-corrected chi connectivity index (χ3v) is 5.08. The van der Waals surface area contributed by atoms with E-state index in [2.05, 4.69) is 59.3 Å². The van der Waals surface area contributed by atoms with Gasteiger partial charge in [0.15, 0.2) is 0 Å². The van der Waals surface area contributed by atoms with Crippen molar-refractivity contribution in [1.29, 1.82) is 0 Å². The second-order valence-electron chi connectivity index (χ2n) is 7.40. The first-order chi connectivity index (χ1) is 9.90. The highest BCUT2D eigenvalue weighted by Crippen LogP contribution is 2.27. The number of hydrogen-bond donors (Lipinski definition) is 1. The average Bonchev–Trinajstić information content (AvgIpc) is 2.74.